The first-order valence-corrected chi connectivity index (χ1v) is 8.75. The van der Waals surface area contributed by atoms with Crippen LogP contribution in [0.5, 0.6) is 0 Å². The maximum Gasteiger partial charge on any atom is 0.109 e. The van der Waals surface area contributed by atoms with Gasteiger partial charge in [-0.15, -0.1) is 0 Å². The molecule has 0 unspecified atom stereocenters. The van der Waals surface area contributed by atoms with E-state index in [0.717, 1.165) is 30.9 Å². The van der Waals surface area contributed by atoms with Gasteiger partial charge in [-0.1, -0.05) is 19.1 Å². The predicted octanol–water partition coefficient (Wildman–Crippen LogP) is 2.28. The van der Waals surface area contributed by atoms with Crippen LogP contribution in [0.15, 0.2) is 24.3 Å². The number of aryl methyl sites for hydroxylation is 1. The smallest absolute Gasteiger partial charge is 0.109 e. The number of piperidine rings is 3. The number of para-hydroxylation sites is 2. The van der Waals surface area contributed by atoms with Crippen molar-refractivity contribution in [1.29, 1.82) is 0 Å². The minimum absolute atomic E-state index is 0.697. The SMILES string of the molecule is CCc1nc2ccccc2n1CCN[C@@H]1CN2CCC1CC2. The second kappa shape index (κ2) is 6.01. The summed E-state index contributed by atoms with van der Waals surface area (Å²) in [4.78, 5) is 7.37. The number of aromatic nitrogens is 2. The van der Waals surface area contributed by atoms with Gasteiger partial charge in [0.15, 0.2) is 0 Å². The zero-order valence-corrected chi connectivity index (χ0v) is 13.5. The van der Waals surface area contributed by atoms with Crippen molar-refractivity contribution < 1.29 is 0 Å². The number of rotatable bonds is 5. The Morgan fingerprint density at radius 2 is 2.05 bits per heavy atom. The molecule has 3 fully saturated rings. The molecule has 22 heavy (non-hydrogen) atoms. The van der Waals surface area contributed by atoms with Gasteiger partial charge in [0.25, 0.3) is 0 Å². The van der Waals surface area contributed by atoms with Crippen LogP contribution in [0.3, 0.4) is 0 Å². The van der Waals surface area contributed by atoms with Crippen molar-refractivity contribution in [2.24, 2.45) is 5.92 Å². The highest BCUT2D eigenvalue weighted by molar-refractivity contribution is 5.75. The highest BCUT2D eigenvalue weighted by atomic mass is 15.2. The van der Waals surface area contributed by atoms with Crippen LogP contribution in [-0.4, -0.2) is 46.7 Å². The lowest BCUT2D eigenvalue weighted by Crippen LogP contribution is -2.56. The molecular formula is C18H26N4. The number of hydrogen-bond acceptors (Lipinski definition) is 3. The van der Waals surface area contributed by atoms with Gasteiger partial charge in [-0.3, -0.25) is 0 Å². The largest absolute Gasteiger partial charge is 0.327 e. The van der Waals surface area contributed by atoms with Gasteiger partial charge in [-0.05, 0) is 44.0 Å². The second-order valence-electron chi connectivity index (χ2n) is 6.72. The molecule has 0 aliphatic carbocycles. The average Bonchev–Trinajstić information content (AvgIpc) is 2.94. The van der Waals surface area contributed by atoms with Crippen molar-refractivity contribution >= 4 is 11.0 Å². The lowest BCUT2D eigenvalue weighted by Gasteiger charge is -2.45. The third-order valence-corrected chi connectivity index (χ3v) is 5.45. The summed E-state index contributed by atoms with van der Waals surface area (Å²) < 4.78 is 2.39. The number of fused-ring (bicyclic) bond motifs is 4. The van der Waals surface area contributed by atoms with Crippen molar-refractivity contribution in [2.45, 2.75) is 38.8 Å². The van der Waals surface area contributed by atoms with E-state index < -0.39 is 0 Å². The summed E-state index contributed by atoms with van der Waals surface area (Å²) in [7, 11) is 0. The Morgan fingerprint density at radius 3 is 2.77 bits per heavy atom. The monoisotopic (exact) mass is 298 g/mol. The van der Waals surface area contributed by atoms with Gasteiger partial charge in [-0.2, -0.15) is 0 Å². The predicted molar refractivity (Wildman–Crippen MR) is 90.1 cm³/mol. The first-order chi connectivity index (χ1) is 10.8. The van der Waals surface area contributed by atoms with E-state index >= 15 is 0 Å². The van der Waals surface area contributed by atoms with Crippen LogP contribution >= 0.6 is 0 Å². The van der Waals surface area contributed by atoms with Crippen LogP contribution in [-0.2, 0) is 13.0 Å². The Balaban J connectivity index is 1.43. The molecule has 0 saturated carbocycles. The van der Waals surface area contributed by atoms with Crippen molar-refractivity contribution in [3.05, 3.63) is 30.1 Å². The zero-order chi connectivity index (χ0) is 14.9. The molecule has 2 bridgehead atoms. The number of nitrogens with one attached hydrogen (secondary N) is 1. The lowest BCUT2D eigenvalue weighted by atomic mass is 9.84. The first kappa shape index (κ1) is 14.2. The molecule has 4 nitrogen and oxygen atoms in total. The fourth-order valence-electron chi connectivity index (χ4n) is 4.20. The van der Waals surface area contributed by atoms with E-state index in [4.69, 9.17) is 4.98 Å². The molecule has 5 rings (SSSR count). The Kier molecular flexibility index (Phi) is 3.89. The first-order valence-electron chi connectivity index (χ1n) is 8.75. The van der Waals surface area contributed by atoms with Gasteiger partial charge in [-0.25, -0.2) is 4.98 Å². The molecule has 0 amide bonds. The van der Waals surface area contributed by atoms with Crippen molar-refractivity contribution in [3.63, 3.8) is 0 Å². The Morgan fingerprint density at radius 1 is 1.23 bits per heavy atom. The molecule has 3 aliphatic rings. The number of nitrogens with zero attached hydrogens (tertiary/aromatic N) is 3. The van der Waals surface area contributed by atoms with Gasteiger partial charge in [0, 0.05) is 32.1 Å². The fourth-order valence-corrected chi connectivity index (χ4v) is 4.20. The molecule has 1 aromatic heterocycles. The van der Waals surface area contributed by atoms with Crippen molar-refractivity contribution in [3.8, 4) is 0 Å². The Labute approximate surface area is 132 Å². The van der Waals surface area contributed by atoms with Crippen LogP contribution in [0.1, 0.15) is 25.6 Å². The van der Waals surface area contributed by atoms with E-state index in [1.54, 1.807) is 0 Å². The molecule has 4 heterocycles. The van der Waals surface area contributed by atoms with Crippen LogP contribution in [0.2, 0.25) is 0 Å². The summed E-state index contributed by atoms with van der Waals surface area (Å²) in [5, 5.41) is 3.82. The van der Waals surface area contributed by atoms with Crippen molar-refractivity contribution in [1.82, 2.24) is 19.8 Å². The van der Waals surface area contributed by atoms with E-state index in [1.165, 1.54) is 43.8 Å². The molecule has 0 spiro atoms. The maximum absolute atomic E-state index is 4.76. The molecule has 1 atom stereocenters. The molecule has 0 radical (unpaired) electrons. The number of imidazole rings is 1. The molecule has 3 saturated heterocycles. The normalized spacial score (nSPS) is 27.6. The van der Waals surface area contributed by atoms with E-state index in [9.17, 15) is 0 Å². The highest BCUT2D eigenvalue weighted by Crippen LogP contribution is 2.27. The molecule has 118 valence electrons. The van der Waals surface area contributed by atoms with E-state index in [1.807, 2.05) is 0 Å². The summed E-state index contributed by atoms with van der Waals surface area (Å²) in [6.45, 7) is 8.13. The Bertz CT molecular complexity index is 640. The zero-order valence-electron chi connectivity index (χ0n) is 13.5. The van der Waals surface area contributed by atoms with Crippen molar-refractivity contribution in [2.75, 3.05) is 26.2 Å². The van der Waals surface area contributed by atoms with Gasteiger partial charge < -0.3 is 14.8 Å². The standard InChI is InChI=1S/C18H26N4/c1-2-18-20-15-5-3-4-6-17(15)22(18)12-9-19-16-13-21-10-7-14(16)8-11-21/h3-6,14,16,19H,2,7-13H2,1H3/t16-/m1/s1. The van der Waals surface area contributed by atoms with Crippen LogP contribution in [0.25, 0.3) is 11.0 Å². The third kappa shape index (κ3) is 2.55. The number of benzene rings is 1. The summed E-state index contributed by atoms with van der Waals surface area (Å²) in [5.41, 5.74) is 2.40. The summed E-state index contributed by atoms with van der Waals surface area (Å²) >= 11 is 0. The maximum atomic E-state index is 4.76. The lowest BCUT2D eigenvalue weighted by molar-refractivity contribution is 0.0725. The van der Waals surface area contributed by atoms with Crippen LogP contribution in [0.4, 0.5) is 0 Å². The summed E-state index contributed by atoms with van der Waals surface area (Å²) in [5.74, 6) is 2.10. The minimum atomic E-state index is 0.697. The molecular weight excluding hydrogens is 272 g/mol. The van der Waals surface area contributed by atoms with Crippen LogP contribution < -0.4 is 5.32 Å². The summed E-state index contributed by atoms with van der Waals surface area (Å²) in [6, 6.07) is 9.19. The summed E-state index contributed by atoms with van der Waals surface area (Å²) in [6.07, 6.45) is 3.76. The van der Waals surface area contributed by atoms with Gasteiger partial charge in [0.05, 0.1) is 11.0 Å². The second-order valence-corrected chi connectivity index (χ2v) is 6.72. The average molecular weight is 298 g/mol. The highest BCUT2D eigenvalue weighted by Gasteiger charge is 2.33. The van der Waals surface area contributed by atoms with Crippen LogP contribution in [0, 0.1) is 5.92 Å². The molecule has 1 aromatic carbocycles. The van der Waals surface area contributed by atoms with E-state index in [-0.39, 0.29) is 0 Å². The minimum Gasteiger partial charge on any atom is -0.327 e. The van der Waals surface area contributed by atoms with Gasteiger partial charge >= 0.3 is 0 Å². The third-order valence-electron chi connectivity index (χ3n) is 5.45. The molecule has 1 N–H and O–H groups in total. The number of hydrogen-bond donors (Lipinski definition) is 1. The quantitative estimate of drug-likeness (QED) is 0.919. The Hall–Kier alpha value is -1.39. The molecule has 3 aliphatic heterocycles. The van der Waals surface area contributed by atoms with E-state index in [0.29, 0.717) is 6.04 Å². The molecule has 4 heteroatoms. The topological polar surface area (TPSA) is 33.1 Å². The molecule has 2 aromatic rings. The fraction of sp³-hybridized carbons (Fsp3) is 0.611. The van der Waals surface area contributed by atoms with E-state index in [2.05, 4.69) is 46.0 Å². The van der Waals surface area contributed by atoms with Gasteiger partial charge in [0.1, 0.15) is 5.82 Å². The van der Waals surface area contributed by atoms with Gasteiger partial charge in [0.2, 0.25) is 0 Å².